The van der Waals surface area contributed by atoms with E-state index in [0.29, 0.717) is 22.8 Å². The smallest absolute Gasteiger partial charge is 0.255 e. The number of hydrogen-bond donors (Lipinski definition) is 1. The molecular weight excluding hydrogens is 322 g/mol. The minimum absolute atomic E-state index is 0.231. The van der Waals surface area contributed by atoms with Crippen molar-refractivity contribution in [3.8, 4) is 5.75 Å². The van der Waals surface area contributed by atoms with Gasteiger partial charge in [-0.15, -0.1) is 0 Å². The van der Waals surface area contributed by atoms with Crippen molar-refractivity contribution < 1.29 is 13.7 Å². The van der Waals surface area contributed by atoms with Crippen molar-refractivity contribution >= 4 is 22.4 Å². The first kappa shape index (κ1) is 18.2. The average molecular weight is 345 g/mol. The zero-order valence-electron chi connectivity index (χ0n) is 14.1. The lowest BCUT2D eigenvalue weighted by molar-refractivity contribution is 0.102. The van der Waals surface area contributed by atoms with E-state index in [-0.39, 0.29) is 5.91 Å². The Morgan fingerprint density at radius 2 is 1.79 bits per heavy atom. The second-order valence-electron chi connectivity index (χ2n) is 5.48. The molecule has 2 aromatic carbocycles. The Kier molecular flexibility index (Phi) is 7.00. The van der Waals surface area contributed by atoms with Crippen LogP contribution in [0.1, 0.15) is 36.5 Å². The van der Waals surface area contributed by atoms with Crippen molar-refractivity contribution in [1.82, 2.24) is 0 Å². The molecule has 0 aliphatic rings. The van der Waals surface area contributed by atoms with E-state index in [9.17, 15) is 9.00 Å². The number of nitrogens with one attached hydrogen (secondary N) is 1. The molecule has 0 saturated carbocycles. The Hall–Kier alpha value is -2.14. The molecule has 5 heteroatoms. The SMILES string of the molecule is CCCCCOc1ccc(C(=O)Nc2ccccc2[S@](C)=O)cc1. The van der Waals surface area contributed by atoms with E-state index < -0.39 is 10.8 Å². The number of anilines is 1. The van der Waals surface area contributed by atoms with Gasteiger partial charge in [-0.1, -0.05) is 31.9 Å². The molecule has 2 rings (SSSR count). The topological polar surface area (TPSA) is 55.4 Å². The third kappa shape index (κ3) is 5.20. The highest BCUT2D eigenvalue weighted by molar-refractivity contribution is 7.84. The summed E-state index contributed by atoms with van der Waals surface area (Å²) in [5.74, 6) is 0.531. The van der Waals surface area contributed by atoms with E-state index in [4.69, 9.17) is 4.74 Å². The van der Waals surface area contributed by atoms with E-state index in [0.717, 1.165) is 25.0 Å². The summed E-state index contributed by atoms with van der Waals surface area (Å²) in [5, 5.41) is 2.81. The van der Waals surface area contributed by atoms with E-state index in [1.807, 2.05) is 0 Å². The van der Waals surface area contributed by atoms with E-state index in [1.54, 1.807) is 54.8 Å². The highest BCUT2D eigenvalue weighted by Crippen LogP contribution is 2.20. The molecule has 0 bridgehead atoms. The molecule has 0 aliphatic carbocycles. The van der Waals surface area contributed by atoms with Crippen LogP contribution in [0, 0.1) is 0 Å². The number of benzene rings is 2. The first-order valence-corrected chi connectivity index (χ1v) is 9.64. The summed E-state index contributed by atoms with van der Waals surface area (Å²) in [7, 11) is -1.16. The first-order chi connectivity index (χ1) is 11.6. The van der Waals surface area contributed by atoms with Crippen LogP contribution in [0.25, 0.3) is 0 Å². The summed E-state index contributed by atoms with van der Waals surface area (Å²) in [5.41, 5.74) is 1.11. The van der Waals surface area contributed by atoms with Crippen LogP contribution in [-0.4, -0.2) is 23.0 Å². The number of rotatable bonds is 8. The molecule has 1 N–H and O–H groups in total. The second-order valence-corrected chi connectivity index (χ2v) is 6.83. The fourth-order valence-electron chi connectivity index (χ4n) is 2.26. The van der Waals surface area contributed by atoms with Gasteiger partial charge in [-0.2, -0.15) is 0 Å². The maximum absolute atomic E-state index is 12.3. The van der Waals surface area contributed by atoms with Gasteiger partial charge in [0.1, 0.15) is 5.75 Å². The van der Waals surface area contributed by atoms with Gasteiger partial charge in [0.2, 0.25) is 0 Å². The van der Waals surface area contributed by atoms with Crippen molar-refractivity contribution in [1.29, 1.82) is 0 Å². The summed E-state index contributed by atoms with van der Waals surface area (Å²) in [6, 6.07) is 14.2. The summed E-state index contributed by atoms with van der Waals surface area (Å²) in [6.07, 6.45) is 4.94. The molecule has 0 saturated heterocycles. The minimum Gasteiger partial charge on any atom is -0.494 e. The van der Waals surface area contributed by atoms with Gasteiger partial charge >= 0.3 is 0 Å². The third-order valence-electron chi connectivity index (χ3n) is 3.58. The molecule has 4 nitrogen and oxygen atoms in total. The number of carbonyl (C=O) groups is 1. The maximum atomic E-state index is 12.3. The lowest BCUT2D eigenvalue weighted by Gasteiger charge is -2.10. The quantitative estimate of drug-likeness (QED) is 0.728. The molecule has 2 aromatic rings. The summed E-state index contributed by atoms with van der Waals surface area (Å²) in [4.78, 5) is 13.0. The van der Waals surface area contributed by atoms with Gasteiger partial charge in [-0.05, 0) is 42.8 Å². The van der Waals surface area contributed by atoms with Crippen LogP contribution < -0.4 is 10.1 Å². The van der Waals surface area contributed by atoms with Crippen LogP contribution in [0.2, 0.25) is 0 Å². The highest BCUT2D eigenvalue weighted by atomic mass is 32.2. The fraction of sp³-hybridized carbons (Fsp3) is 0.316. The van der Waals surface area contributed by atoms with Crippen molar-refractivity contribution in [3.05, 3.63) is 54.1 Å². The Morgan fingerprint density at radius 3 is 2.46 bits per heavy atom. The van der Waals surface area contributed by atoms with E-state index in [2.05, 4.69) is 12.2 Å². The standard InChI is InChI=1S/C19H23NO3S/c1-3-4-7-14-23-16-12-10-15(11-13-16)19(21)20-17-8-5-6-9-18(17)24(2)22/h5-6,8-13H,3-4,7,14H2,1-2H3,(H,20,21)/t24-/m0/s1. The first-order valence-electron chi connectivity index (χ1n) is 8.08. The molecule has 0 radical (unpaired) electrons. The highest BCUT2D eigenvalue weighted by Gasteiger charge is 2.10. The van der Waals surface area contributed by atoms with Crippen molar-refractivity contribution in [3.63, 3.8) is 0 Å². The lowest BCUT2D eigenvalue weighted by atomic mass is 10.2. The predicted molar refractivity (Wildman–Crippen MR) is 98.2 cm³/mol. The van der Waals surface area contributed by atoms with Gasteiger partial charge in [0.25, 0.3) is 5.91 Å². The monoisotopic (exact) mass is 345 g/mol. The summed E-state index contributed by atoms with van der Waals surface area (Å²) >= 11 is 0. The predicted octanol–water partition coefficient (Wildman–Crippen LogP) is 4.25. The minimum atomic E-state index is -1.16. The Labute approximate surface area is 145 Å². The van der Waals surface area contributed by atoms with Crippen LogP contribution in [0.3, 0.4) is 0 Å². The largest absolute Gasteiger partial charge is 0.494 e. The van der Waals surface area contributed by atoms with Crippen LogP contribution in [0.4, 0.5) is 5.69 Å². The van der Waals surface area contributed by atoms with Gasteiger partial charge in [0.05, 0.1) is 28.0 Å². The Bertz CT molecular complexity index is 698. The molecule has 1 amide bonds. The third-order valence-corrected chi connectivity index (χ3v) is 4.55. The molecule has 24 heavy (non-hydrogen) atoms. The van der Waals surface area contributed by atoms with Crippen molar-refractivity contribution in [2.75, 3.05) is 18.2 Å². The average Bonchev–Trinajstić information content (AvgIpc) is 2.59. The van der Waals surface area contributed by atoms with Crippen LogP contribution in [-0.2, 0) is 10.8 Å². The number of unbranched alkanes of at least 4 members (excludes halogenated alkanes) is 2. The molecule has 0 aliphatic heterocycles. The zero-order valence-corrected chi connectivity index (χ0v) is 14.9. The fourth-order valence-corrected chi connectivity index (χ4v) is 2.96. The van der Waals surface area contributed by atoms with E-state index >= 15 is 0 Å². The van der Waals surface area contributed by atoms with Crippen molar-refractivity contribution in [2.45, 2.75) is 31.1 Å². The van der Waals surface area contributed by atoms with Crippen molar-refractivity contribution in [2.24, 2.45) is 0 Å². The molecule has 128 valence electrons. The zero-order chi connectivity index (χ0) is 17.4. The molecule has 0 heterocycles. The Morgan fingerprint density at radius 1 is 1.08 bits per heavy atom. The van der Waals surface area contributed by atoms with Crippen LogP contribution >= 0.6 is 0 Å². The van der Waals surface area contributed by atoms with Gasteiger partial charge in [-0.25, -0.2) is 0 Å². The normalized spacial score (nSPS) is 11.8. The molecule has 0 spiro atoms. The molecule has 0 fully saturated rings. The summed E-state index contributed by atoms with van der Waals surface area (Å²) < 4.78 is 17.4. The molecule has 0 unspecified atom stereocenters. The van der Waals surface area contributed by atoms with Crippen LogP contribution in [0.15, 0.2) is 53.4 Å². The number of para-hydroxylation sites is 1. The molecular formula is C19H23NO3S. The second kappa shape index (κ2) is 9.23. The maximum Gasteiger partial charge on any atom is 0.255 e. The molecule has 1 atom stereocenters. The number of carbonyl (C=O) groups excluding carboxylic acids is 1. The van der Waals surface area contributed by atoms with Crippen LogP contribution in [0.5, 0.6) is 5.75 Å². The number of ether oxygens (including phenoxy) is 1. The van der Waals surface area contributed by atoms with Gasteiger partial charge in [-0.3, -0.25) is 9.00 Å². The number of hydrogen-bond acceptors (Lipinski definition) is 3. The molecule has 0 aromatic heterocycles. The summed E-state index contributed by atoms with van der Waals surface area (Å²) in [6.45, 7) is 2.84. The van der Waals surface area contributed by atoms with E-state index in [1.165, 1.54) is 0 Å². The number of amides is 1. The van der Waals surface area contributed by atoms with Gasteiger partial charge in [0, 0.05) is 11.8 Å². The lowest BCUT2D eigenvalue weighted by Crippen LogP contribution is -2.13. The van der Waals surface area contributed by atoms with Gasteiger partial charge in [0.15, 0.2) is 0 Å². The van der Waals surface area contributed by atoms with Gasteiger partial charge < -0.3 is 10.1 Å². The Balaban J connectivity index is 1.99.